The van der Waals surface area contributed by atoms with E-state index in [1.807, 2.05) is 30.3 Å². The maximum Gasteiger partial charge on any atom is 0.310 e. The lowest BCUT2D eigenvalue weighted by Crippen LogP contribution is -2.14. The van der Waals surface area contributed by atoms with Gasteiger partial charge in [0.1, 0.15) is 0 Å². The van der Waals surface area contributed by atoms with Gasteiger partial charge in [-0.25, -0.2) is 0 Å². The molecule has 0 amide bonds. The molecule has 1 aliphatic rings. The zero-order chi connectivity index (χ0) is 11.5. The predicted octanol–water partition coefficient (Wildman–Crippen LogP) is 2.63. The average Bonchev–Trinajstić information content (AvgIpc) is 2.29. The molecule has 84 valence electrons. The number of nitrogens with zero attached hydrogens (tertiary/aromatic N) is 1. The monoisotopic (exact) mass is 235 g/mol. The Labute approximate surface area is 99.1 Å². The van der Waals surface area contributed by atoms with Crippen LogP contribution in [-0.4, -0.2) is 20.1 Å². The Balaban J connectivity index is 2.20. The molecular weight excluding hydrogens is 222 g/mol. The van der Waals surface area contributed by atoms with Gasteiger partial charge in [-0.3, -0.25) is 4.79 Å². The molecule has 0 radical (unpaired) electrons. The minimum atomic E-state index is -0.202. The molecule has 1 aromatic rings. The van der Waals surface area contributed by atoms with Crippen molar-refractivity contribution in [3.05, 3.63) is 35.4 Å². The van der Waals surface area contributed by atoms with Crippen LogP contribution in [-0.2, 0) is 9.53 Å². The number of carbonyl (C=O) groups is 1. The molecule has 0 N–H and O–H groups in total. The van der Waals surface area contributed by atoms with Gasteiger partial charge in [-0.1, -0.05) is 23.9 Å². The molecule has 2 rings (SSSR count). The molecule has 0 saturated heterocycles. The van der Waals surface area contributed by atoms with Gasteiger partial charge in [-0.15, -0.1) is 0 Å². The summed E-state index contributed by atoms with van der Waals surface area (Å²) in [6.07, 6.45) is 2.31. The van der Waals surface area contributed by atoms with Crippen molar-refractivity contribution >= 4 is 23.4 Å². The van der Waals surface area contributed by atoms with Crippen molar-refractivity contribution in [3.63, 3.8) is 0 Å². The van der Waals surface area contributed by atoms with Crippen molar-refractivity contribution in [2.75, 3.05) is 19.1 Å². The third-order valence-corrected chi connectivity index (χ3v) is 3.45. The van der Waals surface area contributed by atoms with Gasteiger partial charge in [0.2, 0.25) is 0 Å². The number of hydrogen-bond acceptors (Lipinski definition) is 4. The van der Waals surface area contributed by atoms with Crippen LogP contribution >= 0.6 is 11.8 Å². The third-order valence-electron chi connectivity index (χ3n) is 2.37. The van der Waals surface area contributed by atoms with Gasteiger partial charge in [0.05, 0.1) is 19.2 Å². The van der Waals surface area contributed by atoms with Crippen LogP contribution in [0.2, 0.25) is 0 Å². The van der Waals surface area contributed by atoms with Gasteiger partial charge in [-0.2, -0.15) is 0 Å². The number of benzene rings is 1. The number of carbonyl (C=O) groups excluding carboxylic acids is 1. The highest BCUT2D eigenvalue weighted by Crippen LogP contribution is 2.40. The lowest BCUT2D eigenvalue weighted by molar-refractivity contribution is -0.139. The molecular formula is C12H13NO2S. The van der Waals surface area contributed by atoms with E-state index in [-0.39, 0.29) is 5.97 Å². The lowest BCUT2D eigenvalue weighted by Gasteiger charge is -2.24. The number of hydrogen-bond donors (Lipinski definition) is 0. The number of fused-ring (bicyclic) bond motifs is 1. The van der Waals surface area contributed by atoms with Gasteiger partial charge in [0, 0.05) is 23.0 Å². The van der Waals surface area contributed by atoms with Crippen LogP contribution in [0.3, 0.4) is 0 Å². The number of thioether (sulfide) groups is 1. The predicted molar refractivity (Wildman–Crippen MR) is 65.4 cm³/mol. The van der Waals surface area contributed by atoms with E-state index in [0.29, 0.717) is 6.42 Å². The SMILES string of the molecule is COC(=O)CC1=CN(C)c2ccccc2S1. The summed E-state index contributed by atoms with van der Waals surface area (Å²) in [7, 11) is 3.39. The molecule has 4 heteroatoms. The van der Waals surface area contributed by atoms with E-state index in [0.717, 1.165) is 4.91 Å². The first-order valence-corrected chi connectivity index (χ1v) is 5.79. The van der Waals surface area contributed by atoms with Gasteiger partial charge < -0.3 is 9.64 Å². The summed E-state index contributed by atoms with van der Waals surface area (Å²) in [5, 5.41) is 0. The number of ether oxygens (including phenoxy) is 1. The van der Waals surface area contributed by atoms with E-state index >= 15 is 0 Å². The smallest absolute Gasteiger partial charge is 0.310 e. The van der Waals surface area contributed by atoms with Gasteiger partial charge in [0.15, 0.2) is 0 Å². The maximum atomic E-state index is 11.2. The number of esters is 1. The fraction of sp³-hybridized carbons (Fsp3) is 0.250. The Morgan fingerprint density at radius 2 is 2.19 bits per heavy atom. The normalized spacial score (nSPS) is 14.1. The van der Waals surface area contributed by atoms with Crippen LogP contribution < -0.4 is 4.90 Å². The highest BCUT2D eigenvalue weighted by Gasteiger charge is 2.17. The quantitative estimate of drug-likeness (QED) is 0.737. The summed E-state index contributed by atoms with van der Waals surface area (Å²) in [6, 6.07) is 8.13. The second-order valence-electron chi connectivity index (χ2n) is 3.53. The first-order chi connectivity index (χ1) is 7.70. The number of para-hydroxylation sites is 1. The van der Waals surface area contributed by atoms with E-state index in [1.165, 1.54) is 17.7 Å². The lowest BCUT2D eigenvalue weighted by atomic mass is 10.3. The summed E-state index contributed by atoms with van der Waals surface area (Å²) in [5.41, 5.74) is 1.17. The molecule has 0 aromatic heterocycles. The van der Waals surface area contributed by atoms with Crippen LogP contribution in [0.25, 0.3) is 0 Å². The highest BCUT2D eigenvalue weighted by atomic mass is 32.2. The van der Waals surface area contributed by atoms with Gasteiger partial charge in [-0.05, 0) is 12.1 Å². The summed E-state index contributed by atoms with van der Waals surface area (Å²) in [6.45, 7) is 0. The van der Waals surface area contributed by atoms with Crippen molar-refractivity contribution in [3.8, 4) is 0 Å². The summed E-state index contributed by atoms with van der Waals surface area (Å²) in [4.78, 5) is 15.4. The minimum Gasteiger partial charge on any atom is -0.469 e. The number of methoxy groups -OCH3 is 1. The first-order valence-electron chi connectivity index (χ1n) is 4.98. The van der Waals surface area contributed by atoms with E-state index in [1.54, 1.807) is 11.8 Å². The van der Waals surface area contributed by atoms with E-state index < -0.39 is 0 Å². The van der Waals surface area contributed by atoms with Crippen LogP contribution in [0.15, 0.2) is 40.3 Å². The maximum absolute atomic E-state index is 11.2. The van der Waals surface area contributed by atoms with E-state index in [2.05, 4.69) is 16.9 Å². The molecule has 0 aliphatic carbocycles. The highest BCUT2D eigenvalue weighted by molar-refractivity contribution is 8.03. The Kier molecular flexibility index (Phi) is 3.19. The van der Waals surface area contributed by atoms with Gasteiger partial charge in [0.25, 0.3) is 0 Å². The molecule has 1 aliphatic heterocycles. The fourth-order valence-electron chi connectivity index (χ4n) is 1.58. The van der Waals surface area contributed by atoms with Gasteiger partial charge >= 0.3 is 5.97 Å². The average molecular weight is 235 g/mol. The Morgan fingerprint density at radius 1 is 1.44 bits per heavy atom. The zero-order valence-corrected chi connectivity index (χ0v) is 10.1. The Morgan fingerprint density at radius 3 is 2.94 bits per heavy atom. The molecule has 0 bridgehead atoms. The van der Waals surface area contributed by atoms with Crippen molar-refractivity contribution in [1.29, 1.82) is 0 Å². The molecule has 16 heavy (non-hydrogen) atoms. The molecule has 1 heterocycles. The Hall–Kier alpha value is -1.42. The van der Waals surface area contributed by atoms with Crippen molar-refractivity contribution in [2.24, 2.45) is 0 Å². The van der Waals surface area contributed by atoms with Crippen molar-refractivity contribution in [1.82, 2.24) is 0 Å². The number of anilines is 1. The molecule has 0 unspecified atom stereocenters. The molecule has 0 fully saturated rings. The zero-order valence-electron chi connectivity index (χ0n) is 9.27. The molecule has 0 spiro atoms. The fourth-order valence-corrected chi connectivity index (χ4v) is 2.73. The van der Waals surface area contributed by atoms with Crippen LogP contribution in [0.5, 0.6) is 0 Å². The number of rotatable bonds is 2. The minimum absolute atomic E-state index is 0.202. The van der Waals surface area contributed by atoms with Crippen LogP contribution in [0.1, 0.15) is 6.42 Å². The standard InChI is InChI=1S/C12H13NO2S/c1-13-8-9(7-12(14)15-2)16-11-6-4-3-5-10(11)13/h3-6,8H,7H2,1-2H3. The molecule has 3 nitrogen and oxygen atoms in total. The molecule has 0 atom stereocenters. The van der Waals surface area contributed by atoms with E-state index in [9.17, 15) is 4.79 Å². The summed E-state index contributed by atoms with van der Waals surface area (Å²) < 4.78 is 4.66. The van der Waals surface area contributed by atoms with E-state index in [4.69, 9.17) is 0 Å². The Bertz CT molecular complexity index is 442. The molecule has 0 saturated carbocycles. The molecule has 1 aromatic carbocycles. The largest absolute Gasteiger partial charge is 0.469 e. The van der Waals surface area contributed by atoms with Crippen molar-refractivity contribution in [2.45, 2.75) is 11.3 Å². The summed E-state index contributed by atoms with van der Waals surface area (Å²) in [5.74, 6) is -0.202. The third kappa shape index (κ3) is 2.22. The second-order valence-corrected chi connectivity index (χ2v) is 4.70. The topological polar surface area (TPSA) is 29.5 Å². The second kappa shape index (κ2) is 4.61. The van der Waals surface area contributed by atoms with Crippen molar-refractivity contribution < 1.29 is 9.53 Å². The van der Waals surface area contributed by atoms with Crippen LogP contribution in [0.4, 0.5) is 5.69 Å². The first kappa shape index (κ1) is 11.1. The summed E-state index contributed by atoms with van der Waals surface area (Å²) >= 11 is 1.62. The van der Waals surface area contributed by atoms with Crippen LogP contribution in [0, 0.1) is 0 Å².